The lowest BCUT2D eigenvalue weighted by molar-refractivity contribution is -0.135. The number of rotatable bonds is 3. The molecule has 0 unspecified atom stereocenters. The minimum atomic E-state index is 0.176. The number of hydrogen-bond donors (Lipinski definition) is 0. The van der Waals surface area contributed by atoms with Crippen molar-refractivity contribution in [2.75, 3.05) is 6.54 Å². The molecular weight excluding hydrogens is 296 g/mol. The maximum atomic E-state index is 13.2. The van der Waals surface area contributed by atoms with Gasteiger partial charge in [-0.25, -0.2) is 0 Å². The summed E-state index contributed by atoms with van der Waals surface area (Å²) in [4.78, 5) is 19.5. The fourth-order valence-corrected chi connectivity index (χ4v) is 4.05. The Labute approximate surface area is 143 Å². The van der Waals surface area contributed by atoms with Crippen LogP contribution in [0.2, 0.25) is 0 Å². The van der Waals surface area contributed by atoms with Crippen LogP contribution in [0.1, 0.15) is 55.2 Å². The lowest BCUT2D eigenvalue weighted by Crippen LogP contribution is -2.36. The van der Waals surface area contributed by atoms with Crippen molar-refractivity contribution in [3.8, 4) is 0 Å². The van der Waals surface area contributed by atoms with Crippen LogP contribution < -0.4 is 0 Å². The van der Waals surface area contributed by atoms with Gasteiger partial charge in [-0.05, 0) is 48.4 Å². The SMILES string of the molecule is O=C([C@@H]1C[C@@H]1c1ccccc1)N1CCCCC[C@@H]1c1ccncc1. The van der Waals surface area contributed by atoms with Crippen LogP contribution in [0.15, 0.2) is 54.9 Å². The van der Waals surface area contributed by atoms with E-state index in [1.807, 2.05) is 18.5 Å². The average molecular weight is 320 g/mol. The van der Waals surface area contributed by atoms with Crippen LogP contribution in [-0.4, -0.2) is 22.3 Å². The second-order valence-electron chi connectivity index (χ2n) is 7.04. The predicted octanol–water partition coefficient (Wildman–Crippen LogP) is 4.33. The zero-order chi connectivity index (χ0) is 16.4. The Morgan fingerprint density at radius 3 is 2.54 bits per heavy atom. The first kappa shape index (κ1) is 15.4. The monoisotopic (exact) mass is 320 g/mol. The van der Waals surface area contributed by atoms with Gasteiger partial charge in [0.2, 0.25) is 5.91 Å². The van der Waals surface area contributed by atoms with Gasteiger partial charge >= 0.3 is 0 Å². The fourth-order valence-electron chi connectivity index (χ4n) is 4.05. The molecular formula is C21H24N2O. The van der Waals surface area contributed by atoms with Gasteiger partial charge < -0.3 is 4.90 Å². The molecule has 124 valence electrons. The van der Waals surface area contributed by atoms with Crippen LogP contribution in [-0.2, 0) is 4.79 Å². The summed E-state index contributed by atoms with van der Waals surface area (Å²) in [6.07, 6.45) is 9.29. The number of hydrogen-bond acceptors (Lipinski definition) is 2. The maximum Gasteiger partial charge on any atom is 0.226 e. The van der Waals surface area contributed by atoms with Gasteiger partial charge in [0.25, 0.3) is 0 Å². The lowest BCUT2D eigenvalue weighted by Gasteiger charge is -2.31. The zero-order valence-electron chi connectivity index (χ0n) is 14.0. The summed E-state index contributed by atoms with van der Waals surface area (Å²) in [5, 5.41) is 0. The molecule has 24 heavy (non-hydrogen) atoms. The van der Waals surface area contributed by atoms with E-state index in [4.69, 9.17) is 0 Å². The summed E-state index contributed by atoms with van der Waals surface area (Å²) in [5.41, 5.74) is 2.54. The van der Waals surface area contributed by atoms with Crippen LogP contribution in [0.4, 0.5) is 0 Å². The van der Waals surface area contributed by atoms with Crippen molar-refractivity contribution < 1.29 is 4.79 Å². The highest BCUT2D eigenvalue weighted by molar-refractivity contribution is 5.83. The van der Waals surface area contributed by atoms with Gasteiger partial charge in [-0.2, -0.15) is 0 Å². The second kappa shape index (κ2) is 6.76. The van der Waals surface area contributed by atoms with E-state index in [1.54, 1.807) is 0 Å². The summed E-state index contributed by atoms with van der Waals surface area (Å²) in [5.74, 6) is 0.947. The number of aromatic nitrogens is 1. The number of carbonyl (C=O) groups is 1. The quantitative estimate of drug-likeness (QED) is 0.843. The van der Waals surface area contributed by atoms with E-state index >= 15 is 0 Å². The van der Waals surface area contributed by atoms with E-state index in [0.29, 0.717) is 11.8 Å². The highest BCUT2D eigenvalue weighted by atomic mass is 16.2. The number of likely N-dealkylation sites (tertiary alicyclic amines) is 1. The van der Waals surface area contributed by atoms with Crippen LogP contribution >= 0.6 is 0 Å². The smallest absolute Gasteiger partial charge is 0.226 e. The molecule has 3 atom stereocenters. The van der Waals surface area contributed by atoms with Gasteiger partial charge in [-0.3, -0.25) is 9.78 Å². The summed E-state index contributed by atoms with van der Waals surface area (Å²) in [7, 11) is 0. The molecule has 1 amide bonds. The second-order valence-corrected chi connectivity index (χ2v) is 7.04. The summed E-state index contributed by atoms with van der Waals surface area (Å²) in [6, 6.07) is 14.8. The molecule has 0 N–H and O–H groups in total. The highest BCUT2D eigenvalue weighted by Crippen LogP contribution is 2.49. The topological polar surface area (TPSA) is 33.2 Å². The molecule has 0 spiro atoms. The van der Waals surface area contributed by atoms with Crippen molar-refractivity contribution in [1.82, 2.24) is 9.88 Å². The molecule has 1 aromatic carbocycles. The Morgan fingerprint density at radius 2 is 1.75 bits per heavy atom. The Bertz CT molecular complexity index is 685. The molecule has 3 nitrogen and oxygen atoms in total. The summed E-state index contributed by atoms with van der Waals surface area (Å²) in [6.45, 7) is 0.893. The van der Waals surface area contributed by atoms with Gasteiger partial charge in [-0.1, -0.05) is 43.2 Å². The molecule has 1 saturated carbocycles. The first-order valence-electron chi connectivity index (χ1n) is 9.10. The first-order valence-corrected chi connectivity index (χ1v) is 9.10. The van der Waals surface area contributed by atoms with Crippen molar-refractivity contribution in [1.29, 1.82) is 0 Å². The predicted molar refractivity (Wildman–Crippen MR) is 94.4 cm³/mol. The Morgan fingerprint density at radius 1 is 0.958 bits per heavy atom. The van der Waals surface area contributed by atoms with Gasteiger partial charge in [0.15, 0.2) is 0 Å². The number of carbonyl (C=O) groups excluding carboxylic acids is 1. The van der Waals surface area contributed by atoms with Gasteiger partial charge in [-0.15, -0.1) is 0 Å². The Balaban J connectivity index is 1.53. The number of pyridine rings is 1. The molecule has 2 aliphatic rings. The average Bonchev–Trinajstić information content (AvgIpc) is 3.46. The lowest BCUT2D eigenvalue weighted by atomic mass is 10.0. The van der Waals surface area contributed by atoms with Crippen molar-refractivity contribution in [3.63, 3.8) is 0 Å². The molecule has 1 aliphatic heterocycles. The molecule has 2 fully saturated rings. The van der Waals surface area contributed by atoms with E-state index in [0.717, 1.165) is 25.8 Å². The summed E-state index contributed by atoms with van der Waals surface area (Å²) >= 11 is 0. The first-order chi connectivity index (χ1) is 11.8. The van der Waals surface area contributed by atoms with E-state index in [-0.39, 0.29) is 12.0 Å². The van der Waals surface area contributed by atoms with Crippen molar-refractivity contribution in [2.45, 2.75) is 44.1 Å². The Hall–Kier alpha value is -2.16. The molecule has 2 heterocycles. The molecule has 0 bridgehead atoms. The maximum absolute atomic E-state index is 13.2. The number of benzene rings is 1. The zero-order valence-corrected chi connectivity index (χ0v) is 14.0. The van der Waals surface area contributed by atoms with Gasteiger partial charge in [0, 0.05) is 24.9 Å². The van der Waals surface area contributed by atoms with Crippen LogP contribution in [0.25, 0.3) is 0 Å². The standard InChI is InChI=1S/C21H24N2O/c24-21(19-15-18(19)16-7-3-1-4-8-16)23-14-6-2-5-9-20(23)17-10-12-22-13-11-17/h1,3-4,7-8,10-13,18-20H,2,5-6,9,14-15H2/t18-,19-,20-/m1/s1. The molecule has 1 saturated heterocycles. The van der Waals surface area contributed by atoms with Crippen LogP contribution in [0, 0.1) is 5.92 Å². The molecule has 2 aromatic rings. The van der Waals surface area contributed by atoms with Crippen LogP contribution in [0.3, 0.4) is 0 Å². The van der Waals surface area contributed by atoms with Crippen molar-refractivity contribution in [2.24, 2.45) is 5.92 Å². The van der Waals surface area contributed by atoms with Gasteiger partial charge in [0.05, 0.1) is 6.04 Å². The van der Waals surface area contributed by atoms with Crippen molar-refractivity contribution in [3.05, 3.63) is 66.0 Å². The Kier molecular flexibility index (Phi) is 4.33. The van der Waals surface area contributed by atoms with E-state index in [1.165, 1.54) is 24.0 Å². The number of amides is 1. The minimum absolute atomic E-state index is 0.176. The van der Waals surface area contributed by atoms with Gasteiger partial charge in [0.1, 0.15) is 0 Å². The number of nitrogens with zero attached hydrogens (tertiary/aromatic N) is 2. The summed E-state index contributed by atoms with van der Waals surface area (Å²) < 4.78 is 0. The van der Waals surface area contributed by atoms with Crippen LogP contribution in [0.5, 0.6) is 0 Å². The third-order valence-corrected chi connectivity index (χ3v) is 5.46. The van der Waals surface area contributed by atoms with E-state index in [9.17, 15) is 4.79 Å². The van der Waals surface area contributed by atoms with E-state index < -0.39 is 0 Å². The van der Waals surface area contributed by atoms with E-state index in [2.05, 4.69) is 46.3 Å². The molecule has 4 rings (SSSR count). The highest BCUT2D eigenvalue weighted by Gasteiger charge is 2.46. The third-order valence-electron chi connectivity index (χ3n) is 5.46. The minimum Gasteiger partial charge on any atom is -0.335 e. The largest absolute Gasteiger partial charge is 0.335 e. The van der Waals surface area contributed by atoms with Crippen molar-refractivity contribution >= 4 is 5.91 Å². The molecule has 1 aromatic heterocycles. The third kappa shape index (κ3) is 3.08. The molecule has 0 radical (unpaired) electrons. The molecule has 3 heteroatoms. The fraction of sp³-hybridized carbons (Fsp3) is 0.429. The molecule has 1 aliphatic carbocycles. The normalized spacial score (nSPS) is 26.7.